The number of nitrogens with zero attached hydrogens (tertiary/aromatic N) is 4. The van der Waals surface area contributed by atoms with Gasteiger partial charge in [-0.25, -0.2) is 0 Å². The van der Waals surface area contributed by atoms with Gasteiger partial charge in [-0.05, 0) is 31.5 Å². The fourth-order valence-electron chi connectivity index (χ4n) is 1.93. The maximum atomic E-state index is 5.94. The summed E-state index contributed by atoms with van der Waals surface area (Å²) in [6, 6.07) is 7.32. The van der Waals surface area contributed by atoms with Crippen molar-refractivity contribution in [2.24, 2.45) is 0 Å². The second kappa shape index (κ2) is 6.05. The van der Waals surface area contributed by atoms with Crippen molar-refractivity contribution in [1.29, 1.82) is 0 Å². The van der Waals surface area contributed by atoms with E-state index in [1.54, 1.807) is 19.1 Å². The Labute approximate surface area is 126 Å². The third-order valence-electron chi connectivity index (χ3n) is 2.89. The van der Waals surface area contributed by atoms with Gasteiger partial charge in [-0.1, -0.05) is 22.8 Å². The molecule has 0 bridgehead atoms. The van der Waals surface area contributed by atoms with E-state index in [1.807, 2.05) is 12.1 Å². The van der Waals surface area contributed by atoms with Gasteiger partial charge in [0, 0.05) is 23.4 Å². The van der Waals surface area contributed by atoms with Crippen molar-refractivity contribution in [3.05, 3.63) is 46.9 Å². The van der Waals surface area contributed by atoms with Gasteiger partial charge in [0.05, 0.1) is 0 Å². The van der Waals surface area contributed by atoms with Crippen LogP contribution in [0.1, 0.15) is 24.0 Å². The highest BCUT2D eigenvalue weighted by Crippen LogP contribution is 2.21. The van der Waals surface area contributed by atoms with E-state index >= 15 is 0 Å². The highest BCUT2D eigenvalue weighted by atomic mass is 35.5. The van der Waals surface area contributed by atoms with Crippen molar-refractivity contribution in [3.8, 4) is 11.5 Å². The molecule has 2 aromatic heterocycles. The molecule has 0 aliphatic heterocycles. The van der Waals surface area contributed by atoms with Crippen molar-refractivity contribution in [1.82, 2.24) is 20.3 Å². The van der Waals surface area contributed by atoms with E-state index < -0.39 is 0 Å². The lowest BCUT2D eigenvalue weighted by Crippen LogP contribution is -1.90. The third kappa shape index (κ3) is 3.46. The molecule has 0 amide bonds. The summed E-state index contributed by atoms with van der Waals surface area (Å²) >= 11 is 5.94. The molecule has 1 aromatic carbocycles. The molecule has 0 saturated heterocycles. The highest BCUT2D eigenvalue weighted by molar-refractivity contribution is 6.30. The first-order chi connectivity index (χ1) is 10.2. The molecule has 7 heteroatoms. The molecule has 0 N–H and O–H groups in total. The number of benzene rings is 1. The van der Waals surface area contributed by atoms with E-state index in [9.17, 15) is 0 Å². The first-order valence-electron chi connectivity index (χ1n) is 6.58. The van der Waals surface area contributed by atoms with Gasteiger partial charge in [-0.15, -0.1) is 10.2 Å². The molecule has 2 heterocycles. The lowest BCUT2D eigenvalue weighted by atomic mass is 10.2. The van der Waals surface area contributed by atoms with E-state index in [1.165, 1.54) is 0 Å². The highest BCUT2D eigenvalue weighted by Gasteiger charge is 2.10. The fourth-order valence-corrected chi connectivity index (χ4v) is 2.12. The van der Waals surface area contributed by atoms with Crippen molar-refractivity contribution in [3.63, 3.8) is 0 Å². The largest absolute Gasteiger partial charge is 0.421 e. The second-order valence-corrected chi connectivity index (χ2v) is 5.04. The summed E-state index contributed by atoms with van der Waals surface area (Å²) < 4.78 is 10.7. The maximum Gasteiger partial charge on any atom is 0.247 e. The van der Waals surface area contributed by atoms with Crippen LogP contribution < -0.4 is 0 Å². The van der Waals surface area contributed by atoms with Gasteiger partial charge in [0.25, 0.3) is 0 Å². The Kier molecular flexibility index (Phi) is 3.96. The van der Waals surface area contributed by atoms with Crippen LogP contribution in [0.4, 0.5) is 0 Å². The maximum absolute atomic E-state index is 5.94. The van der Waals surface area contributed by atoms with Gasteiger partial charge in [0.2, 0.25) is 17.7 Å². The van der Waals surface area contributed by atoms with Gasteiger partial charge in [-0.2, -0.15) is 4.98 Å². The zero-order valence-corrected chi connectivity index (χ0v) is 12.2. The zero-order valence-electron chi connectivity index (χ0n) is 11.4. The molecule has 0 spiro atoms. The summed E-state index contributed by atoms with van der Waals surface area (Å²) in [6.45, 7) is 1.79. The molecule has 108 valence electrons. The van der Waals surface area contributed by atoms with Crippen LogP contribution in [0, 0.1) is 6.92 Å². The lowest BCUT2D eigenvalue weighted by Gasteiger charge is -1.95. The van der Waals surface area contributed by atoms with E-state index in [0.29, 0.717) is 41.4 Å². The van der Waals surface area contributed by atoms with Crippen LogP contribution in [0.5, 0.6) is 0 Å². The number of rotatable bonds is 5. The smallest absolute Gasteiger partial charge is 0.247 e. The van der Waals surface area contributed by atoms with E-state index in [2.05, 4.69) is 20.3 Å². The zero-order chi connectivity index (χ0) is 14.7. The average molecular weight is 305 g/mol. The number of halogens is 1. The molecule has 0 aliphatic carbocycles. The Hall–Kier alpha value is -2.21. The van der Waals surface area contributed by atoms with Crippen LogP contribution in [0.25, 0.3) is 11.5 Å². The quantitative estimate of drug-likeness (QED) is 0.720. The Morgan fingerprint density at radius 3 is 2.76 bits per heavy atom. The van der Waals surface area contributed by atoms with Crippen LogP contribution in [0.15, 0.2) is 33.2 Å². The van der Waals surface area contributed by atoms with Gasteiger partial charge in [-0.3, -0.25) is 0 Å². The molecule has 3 aromatic rings. The first kappa shape index (κ1) is 13.8. The molecule has 0 saturated carbocycles. The van der Waals surface area contributed by atoms with Crippen molar-refractivity contribution in [2.45, 2.75) is 26.2 Å². The Bertz CT molecular complexity index is 738. The van der Waals surface area contributed by atoms with Gasteiger partial charge < -0.3 is 8.94 Å². The van der Waals surface area contributed by atoms with Crippen LogP contribution in [0.2, 0.25) is 5.02 Å². The SMILES string of the molecule is Cc1noc(CCCc2nnc(-c3cccc(Cl)c3)o2)n1. The molecular formula is C14H13ClN4O2. The second-order valence-electron chi connectivity index (χ2n) is 4.60. The molecule has 0 radical (unpaired) electrons. The Balaban J connectivity index is 1.60. The summed E-state index contributed by atoms with van der Waals surface area (Å²) in [5, 5.41) is 12.4. The van der Waals surface area contributed by atoms with Gasteiger partial charge in [0.1, 0.15) is 0 Å². The summed E-state index contributed by atoms with van der Waals surface area (Å²) in [5.74, 6) is 2.33. The predicted molar refractivity (Wildman–Crippen MR) is 75.8 cm³/mol. The van der Waals surface area contributed by atoms with Crippen molar-refractivity contribution < 1.29 is 8.94 Å². The van der Waals surface area contributed by atoms with Crippen LogP contribution >= 0.6 is 11.6 Å². The minimum Gasteiger partial charge on any atom is -0.421 e. The Morgan fingerprint density at radius 1 is 1.14 bits per heavy atom. The number of aryl methyl sites for hydroxylation is 3. The van der Waals surface area contributed by atoms with E-state index in [0.717, 1.165) is 12.0 Å². The summed E-state index contributed by atoms with van der Waals surface area (Å²) in [5.41, 5.74) is 0.814. The predicted octanol–water partition coefficient (Wildman–Crippen LogP) is 3.26. The Morgan fingerprint density at radius 2 is 2.00 bits per heavy atom. The molecule has 0 aliphatic rings. The summed E-state index contributed by atoms with van der Waals surface area (Å²) in [6.07, 6.45) is 2.16. The summed E-state index contributed by atoms with van der Waals surface area (Å²) in [4.78, 5) is 4.15. The van der Waals surface area contributed by atoms with Crippen LogP contribution in [0.3, 0.4) is 0 Å². The minimum absolute atomic E-state index is 0.473. The lowest BCUT2D eigenvalue weighted by molar-refractivity contribution is 0.370. The molecule has 21 heavy (non-hydrogen) atoms. The van der Waals surface area contributed by atoms with Gasteiger partial charge >= 0.3 is 0 Å². The van der Waals surface area contributed by atoms with Crippen LogP contribution in [-0.2, 0) is 12.8 Å². The fraction of sp³-hybridized carbons (Fsp3) is 0.286. The van der Waals surface area contributed by atoms with E-state index in [4.69, 9.17) is 20.5 Å². The molecule has 0 unspecified atom stereocenters. The first-order valence-corrected chi connectivity index (χ1v) is 6.96. The normalized spacial score (nSPS) is 11.0. The van der Waals surface area contributed by atoms with Crippen molar-refractivity contribution in [2.75, 3.05) is 0 Å². The van der Waals surface area contributed by atoms with E-state index in [-0.39, 0.29) is 0 Å². The molecule has 0 fully saturated rings. The number of hydrogen-bond donors (Lipinski definition) is 0. The third-order valence-corrected chi connectivity index (χ3v) is 3.12. The van der Waals surface area contributed by atoms with Crippen LogP contribution in [-0.4, -0.2) is 20.3 Å². The molecule has 0 atom stereocenters. The molecular weight excluding hydrogens is 292 g/mol. The van der Waals surface area contributed by atoms with Gasteiger partial charge in [0.15, 0.2) is 5.82 Å². The topological polar surface area (TPSA) is 77.8 Å². The number of hydrogen-bond acceptors (Lipinski definition) is 6. The number of aromatic nitrogens is 4. The van der Waals surface area contributed by atoms with Crippen molar-refractivity contribution >= 4 is 11.6 Å². The standard InChI is InChI=1S/C14H13ClN4O2/c1-9-16-12(21-19-9)6-3-7-13-17-18-14(20-13)10-4-2-5-11(15)8-10/h2,4-5,8H,3,6-7H2,1H3. The summed E-state index contributed by atoms with van der Waals surface area (Å²) in [7, 11) is 0. The monoisotopic (exact) mass is 304 g/mol. The molecule has 6 nitrogen and oxygen atoms in total. The minimum atomic E-state index is 0.473. The molecule has 3 rings (SSSR count). The average Bonchev–Trinajstić information content (AvgIpc) is 3.08.